The Morgan fingerprint density at radius 2 is 2.00 bits per heavy atom. The summed E-state index contributed by atoms with van der Waals surface area (Å²) in [7, 11) is 0. The van der Waals surface area contributed by atoms with Crippen molar-refractivity contribution in [3.63, 3.8) is 0 Å². The Kier molecular flexibility index (Phi) is 4.46. The molecule has 68 valence electrons. The maximum Gasteiger partial charge on any atom is 0.0250 e. The Morgan fingerprint density at radius 1 is 1.23 bits per heavy atom. The van der Waals surface area contributed by atoms with Gasteiger partial charge in [-0.05, 0) is 29.1 Å². The van der Waals surface area contributed by atoms with E-state index in [1.807, 2.05) is 29.3 Å². The van der Waals surface area contributed by atoms with Gasteiger partial charge in [-0.15, -0.1) is 0 Å². The molecule has 0 aliphatic rings. The van der Waals surface area contributed by atoms with E-state index in [1.165, 1.54) is 11.1 Å². The van der Waals surface area contributed by atoms with Gasteiger partial charge < -0.3 is 0 Å². The molecule has 0 fully saturated rings. The highest BCUT2D eigenvalue weighted by Gasteiger charge is 1.97. The SMILES string of the molecule is Cc1cccc(Br)c1/C=C\C=C\Br. The van der Waals surface area contributed by atoms with Crippen molar-refractivity contribution in [3.05, 3.63) is 50.9 Å². The Morgan fingerprint density at radius 3 is 2.62 bits per heavy atom. The van der Waals surface area contributed by atoms with Crippen LogP contribution in [0.4, 0.5) is 0 Å². The van der Waals surface area contributed by atoms with E-state index >= 15 is 0 Å². The minimum Gasteiger partial charge on any atom is -0.0611 e. The molecule has 1 aromatic rings. The van der Waals surface area contributed by atoms with Crippen LogP contribution in [-0.2, 0) is 0 Å². The quantitative estimate of drug-likeness (QED) is 0.696. The maximum absolute atomic E-state index is 3.51. The van der Waals surface area contributed by atoms with E-state index in [9.17, 15) is 0 Å². The third kappa shape index (κ3) is 3.12. The van der Waals surface area contributed by atoms with Gasteiger partial charge in [-0.1, -0.05) is 62.2 Å². The van der Waals surface area contributed by atoms with Crippen molar-refractivity contribution < 1.29 is 0 Å². The Bertz CT molecular complexity index is 318. The molecule has 0 spiro atoms. The van der Waals surface area contributed by atoms with Crippen LogP contribution in [0.25, 0.3) is 6.08 Å². The zero-order valence-electron chi connectivity index (χ0n) is 7.30. The van der Waals surface area contributed by atoms with Gasteiger partial charge in [-0.25, -0.2) is 0 Å². The van der Waals surface area contributed by atoms with Crippen LogP contribution in [0.2, 0.25) is 0 Å². The van der Waals surface area contributed by atoms with E-state index in [0.717, 1.165) is 4.47 Å². The summed E-state index contributed by atoms with van der Waals surface area (Å²) in [5, 5.41) is 0. The van der Waals surface area contributed by atoms with Crippen LogP contribution in [0.1, 0.15) is 11.1 Å². The maximum atomic E-state index is 3.51. The number of hydrogen-bond donors (Lipinski definition) is 0. The zero-order chi connectivity index (χ0) is 9.68. The molecule has 0 bridgehead atoms. The lowest BCUT2D eigenvalue weighted by atomic mass is 10.1. The first kappa shape index (κ1) is 10.7. The van der Waals surface area contributed by atoms with E-state index in [1.54, 1.807) is 0 Å². The topological polar surface area (TPSA) is 0 Å². The second-order valence-corrected chi connectivity index (χ2v) is 4.03. The van der Waals surface area contributed by atoms with E-state index in [0.29, 0.717) is 0 Å². The van der Waals surface area contributed by atoms with Crippen LogP contribution in [0.5, 0.6) is 0 Å². The monoisotopic (exact) mass is 300 g/mol. The molecule has 0 unspecified atom stereocenters. The van der Waals surface area contributed by atoms with Crippen molar-refractivity contribution in [1.82, 2.24) is 0 Å². The summed E-state index contributed by atoms with van der Waals surface area (Å²) in [5.41, 5.74) is 2.50. The Balaban J connectivity index is 2.99. The molecule has 2 heteroatoms. The molecular weight excluding hydrogens is 292 g/mol. The molecule has 13 heavy (non-hydrogen) atoms. The average Bonchev–Trinajstić information content (AvgIpc) is 2.10. The van der Waals surface area contributed by atoms with Crippen LogP contribution < -0.4 is 0 Å². The highest BCUT2D eigenvalue weighted by molar-refractivity contribution is 9.11. The van der Waals surface area contributed by atoms with Crippen molar-refractivity contribution in [2.45, 2.75) is 6.92 Å². The van der Waals surface area contributed by atoms with Gasteiger partial charge in [0.15, 0.2) is 0 Å². The van der Waals surface area contributed by atoms with Crippen LogP contribution >= 0.6 is 31.9 Å². The Labute approximate surface area is 95.6 Å². The summed E-state index contributed by atoms with van der Waals surface area (Å²) >= 11 is 6.73. The highest BCUT2D eigenvalue weighted by Crippen LogP contribution is 2.21. The summed E-state index contributed by atoms with van der Waals surface area (Å²) in [5.74, 6) is 0. The van der Waals surface area contributed by atoms with Crippen LogP contribution in [0, 0.1) is 6.92 Å². The summed E-state index contributed by atoms with van der Waals surface area (Å²) in [6.45, 7) is 2.10. The van der Waals surface area contributed by atoms with Gasteiger partial charge >= 0.3 is 0 Å². The molecule has 0 saturated heterocycles. The number of benzene rings is 1. The van der Waals surface area contributed by atoms with Gasteiger partial charge in [0, 0.05) is 4.47 Å². The fourth-order valence-electron chi connectivity index (χ4n) is 1.05. The van der Waals surface area contributed by atoms with Crippen molar-refractivity contribution in [3.8, 4) is 0 Å². The lowest BCUT2D eigenvalue weighted by molar-refractivity contribution is 1.42. The summed E-state index contributed by atoms with van der Waals surface area (Å²) < 4.78 is 1.13. The van der Waals surface area contributed by atoms with Crippen LogP contribution in [0.3, 0.4) is 0 Å². The van der Waals surface area contributed by atoms with E-state index < -0.39 is 0 Å². The number of hydrogen-bond acceptors (Lipinski definition) is 0. The van der Waals surface area contributed by atoms with Gasteiger partial charge in [0.05, 0.1) is 0 Å². The molecule has 0 atom stereocenters. The second-order valence-electron chi connectivity index (χ2n) is 2.65. The van der Waals surface area contributed by atoms with Gasteiger partial charge in [0.2, 0.25) is 0 Å². The minimum atomic E-state index is 1.13. The van der Waals surface area contributed by atoms with Crippen molar-refractivity contribution in [1.29, 1.82) is 0 Å². The third-order valence-electron chi connectivity index (χ3n) is 1.72. The molecule has 0 saturated carbocycles. The average molecular weight is 302 g/mol. The molecule has 0 heterocycles. The van der Waals surface area contributed by atoms with Crippen LogP contribution in [0.15, 0.2) is 39.8 Å². The van der Waals surface area contributed by atoms with Crippen LogP contribution in [-0.4, -0.2) is 0 Å². The fourth-order valence-corrected chi connectivity index (χ4v) is 1.82. The second kappa shape index (κ2) is 5.40. The lowest BCUT2D eigenvalue weighted by Crippen LogP contribution is -1.80. The molecule has 0 amide bonds. The number of rotatable bonds is 2. The molecule has 0 N–H and O–H groups in total. The molecule has 0 radical (unpaired) electrons. The number of halogens is 2. The fraction of sp³-hybridized carbons (Fsp3) is 0.0909. The summed E-state index contributed by atoms with van der Waals surface area (Å²) in [4.78, 5) is 1.83. The molecule has 0 aliphatic carbocycles. The molecule has 0 aromatic heterocycles. The molecule has 0 nitrogen and oxygen atoms in total. The summed E-state index contributed by atoms with van der Waals surface area (Å²) in [6, 6.07) is 6.18. The minimum absolute atomic E-state index is 1.13. The predicted octanol–water partition coefficient (Wildman–Crippen LogP) is 4.68. The number of aryl methyl sites for hydroxylation is 1. The van der Waals surface area contributed by atoms with Crippen molar-refractivity contribution in [2.24, 2.45) is 0 Å². The zero-order valence-corrected chi connectivity index (χ0v) is 10.5. The lowest BCUT2D eigenvalue weighted by Gasteiger charge is -2.01. The predicted molar refractivity (Wildman–Crippen MR) is 66.0 cm³/mol. The summed E-state index contributed by atoms with van der Waals surface area (Å²) in [6.07, 6.45) is 6.03. The largest absolute Gasteiger partial charge is 0.0611 e. The third-order valence-corrected chi connectivity index (χ3v) is 2.71. The smallest absolute Gasteiger partial charge is 0.0250 e. The first-order valence-corrected chi connectivity index (χ1v) is 5.65. The van der Waals surface area contributed by atoms with Crippen molar-refractivity contribution >= 4 is 37.9 Å². The molecule has 1 rings (SSSR count). The first-order chi connectivity index (χ1) is 6.25. The van der Waals surface area contributed by atoms with E-state index in [-0.39, 0.29) is 0 Å². The molecular formula is C11H10Br2. The standard InChI is InChI=1S/C11H10Br2/c1-9-5-4-7-11(13)10(9)6-2-3-8-12/h2-8H,1H3/b6-2-,8-3+. The van der Waals surface area contributed by atoms with Gasteiger partial charge in [-0.3, -0.25) is 0 Å². The van der Waals surface area contributed by atoms with Gasteiger partial charge in [-0.2, -0.15) is 0 Å². The highest BCUT2D eigenvalue weighted by atomic mass is 79.9. The van der Waals surface area contributed by atoms with E-state index in [4.69, 9.17) is 0 Å². The van der Waals surface area contributed by atoms with Crippen molar-refractivity contribution in [2.75, 3.05) is 0 Å². The normalized spacial score (nSPS) is 11.6. The first-order valence-electron chi connectivity index (χ1n) is 3.94. The van der Waals surface area contributed by atoms with Gasteiger partial charge in [0.25, 0.3) is 0 Å². The molecule has 0 aliphatic heterocycles. The van der Waals surface area contributed by atoms with E-state index in [2.05, 4.69) is 50.9 Å². The Hall–Kier alpha value is -0.340. The van der Waals surface area contributed by atoms with Gasteiger partial charge in [0.1, 0.15) is 0 Å². The molecule has 1 aromatic carbocycles. The number of allylic oxidation sites excluding steroid dienone is 2.